The molecule has 1 aliphatic rings. The molecule has 1 unspecified atom stereocenters. The predicted molar refractivity (Wildman–Crippen MR) is 184 cm³/mol. The lowest BCUT2D eigenvalue weighted by atomic mass is 9.82. The van der Waals surface area contributed by atoms with Crippen molar-refractivity contribution in [3.8, 4) is 12.3 Å². The molecule has 0 bridgehead atoms. The minimum atomic E-state index is -1.16. The molecular weight excluding hydrogens is 592 g/mol. The van der Waals surface area contributed by atoms with Crippen LogP contribution in [0.25, 0.3) is 0 Å². The van der Waals surface area contributed by atoms with Gasteiger partial charge in [0.05, 0.1) is 18.1 Å². The summed E-state index contributed by atoms with van der Waals surface area (Å²) in [7, 11) is 1.71. The van der Waals surface area contributed by atoms with Crippen LogP contribution in [0.2, 0.25) is 0 Å². The number of hydrogen-bond acceptors (Lipinski definition) is 6. The number of carbonyl (C=O) groups excluding carboxylic acids is 3. The molecule has 0 aliphatic heterocycles. The number of carbonyl (C=O) groups is 3. The number of rotatable bonds is 18. The Morgan fingerprint density at radius 3 is 2.34 bits per heavy atom. The second-order valence-electron chi connectivity index (χ2n) is 13.5. The van der Waals surface area contributed by atoms with Gasteiger partial charge in [-0.15, -0.1) is 12.3 Å². The minimum absolute atomic E-state index is 0.0474. The van der Waals surface area contributed by atoms with Crippen molar-refractivity contribution in [1.82, 2.24) is 20.5 Å². The molecule has 0 spiro atoms. The molecule has 4 N–H and O–H groups in total. The molecule has 3 amide bonds. The molecule has 256 valence electrons. The maximum absolute atomic E-state index is 13.8. The average molecular weight is 647 g/mol. The fourth-order valence-electron chi connectivity index (χ4n) is 6.33. The number of likely N-dealkylation sites (N-methyl/N-ethyl adjacent to an activating group) is 1. The van der Waals surface area contributed by atoms with Crippen LogP contribution < -0.4 is 10.6 Å². The van der Waals surface area contributed by atoms with Gasteiger partial charge in [0.15, 0.2) is 0 Å². The lowest BCUT2D eigenvalue weighted by Gasteiger charge is -2.33. The maximum atomic E-state index is 13.8. The third-order valence-corrected chi connectivity index (χ3v) is 9.09. The number of aliphatic hydroxyl groups is 2. The van der Waals surface area contributed by atoms with Gasteiger partial charge < -0.3 is 25.7 Å². The predicted octanol–water partition coefficient (Wildman–Crippen LogP) is 4.06. The molecule has 5 atom stereocenters. The Bertz CT molecular complexity index is 1280. The van der Waals surface area contributed by atoms with Crippen molar-refractivity contribution in [3.05, 3.63) is 66.0 Å². The summed E-state index contributed by atoms with van der Waals surface area (Å²) < 4.78 is 0. The second-order valence-corrected chi connectivity index (χ2v) is 13.5. The zero-order valence-electron chi connectivity index (χ0n) is 28.3. The molecule has 1 saturated carbocycles. The highest BCUT2D eigenvalue weighted by Gasteiger charge is 2.34. The van der Waals surface area contributed by atoms with Gasteiger partial charge in [-0.2, -0.15) is 0 Å². The van der Waals surface area contributed by atoms with Gasteiger partial charge in [-0.3, -0.25) is 19.4 Å². The van der Waals surface area contributed by atoms with E-state index in [0.717, 1.165) is 36.9 Å². The number of terminal acetylenes is 1. The van der Waals surface area contributed by atoms with Gasteiger partial charge >= 0.3 is 0 Å². The molecule has 0 saturated heterocycles. The second kappa shape index (κ2) is 19.8. The van der Waals surface area contributed by atoms with E-state index < -0.39 is 42.0 Å². The van der Waals surface area contributed by atoms with E-state index in [9.17, 15) is 24.6 Å². The van der Waals surface area contributed by atoms with Gasteiger partial charge in [0.1, 0.15) is 12.1 Å². The molecule has 1 aromatic carbocycles. The summed E-state index contributed by atoms with van der Waals surface area (Å²) in [4.78, 5) is 46.8. The van der Waals surface area contributed by atoms with Gasteiger partial charge in [0, 0.05) is 44.7 Å². The van der Waals surface area contributed by atoms with Crippen LogP contribution in [-0.2, 0) is 27.2 Å². The molecule has 3 rings (SSSR count). The maximum Gasteiger partial charge on any atom is 0.243 e. The smallest absolute Gasteiger partial charge is 0.243 e. The highest BCUT2D eigenvalue weighted by Crippen LogP contribution is 2.29. The van der Waals surface area contributed by atoms with E-state index >= 15 is 0 Å². The van der Waals surface area contributed by atoms with Crippen molar-refractivity contribution >= 4 is 17.7 Å². The summed E-state index contributed by atoms with van der Waals surface area (Å²) in [6.45, 7) is 4.39. The lowest BCUT2D eigenvalue weighted by Crippen LogP contribution is -2.56. The van der Waals surface area contributed by atoms with Gasteiger partial charge in [-0.25, -0.2) is 0 Å². The van der Waals surface area contributed by atoms with E-state index in [-0.39, 0.29) is 24.7 Å². The molecule has 1 heterocycles. The van der Waals surface area contributed by atoms with Crippen molar-refractivity contribution in [3.63, 3.8) is 0 Å². The van der Waals surface area contributed by atoms with Crippen molar-refractivity contribution in [2.75, 3.05) is 13.6 Å². The zero-order valence-corrected chi connectivity index (χ0v) is 28.3. The van der Waals surface area contributed by atoms with E-state index in [2.05, 4.69) is 21.5 Å². The number of aliphatic hydroxyl groups excluding tert-OH is 2. The highest BCUT2D eigenvalue weighted by atomic mass is 16.3. The Kier molecular flexibility index (Phi) is 15.9. The van der Waals surface area contributed by atoms with Gasteiger partial charge in [-0.05, 0) is 48.8 Å². The van der Waals surface area contributed by atoms with Crippen molar-refractivity contribution in [1.29, 1.82) is 0 Å². The molecule has 1 fully saturated rings. The third kappa shape index (κ3) is 13.1. The molecular formula is C38H54N4O5. The Hall–Kier alpha value is -3.74. The Morgan fingerprint density at radius 1 is 1.00 bits per heavy atom. The van der Waals surface area contributed by atoms with Crippen molar-refractivity contribution in [2.24, 2.45) is 17.8 Å². The normalized spacial score (nSPS) is 16.7. The SMILES string of the molecule is C#CC[C@H](NC(=O)[C@@H](CC(=O)N(C)CCc1ccccn1)Cc1ccccc1)C(=O)NC(CC1CCCCC1)[C@@H](O)[C@@H](O)CC(C)C. The minimum Gasteiger partial charge on any atom is -0.390 e. The van der Waals surface area contributed by atoms with Crippen LogP contribution in [0.5, 0.6) is 0 Å². The molecule has 47 heavy (non-hydrogen) atoms. The Labute approximate surface area is 280 Å². The number of pyridine rings is 1. The first-order valence-electron chi connectivity index (χ1n) is 17.2. The molecule has 0 radical (unpaired) electrons. The van der Waals surface area contributed by atoms with E-state index in [1.54, 1.807) is 18.1 Å². The summed E-state index contributed by atoms with van der Waals surface area (Å²) in [6, 6.07) is 13.4. The summed E-state index contributed by atoms with van der Waals surface area (Å²) in [5.74, 6) is 1.10. The highest BCUT2D eigenvalue weighted by molar-refractivity contribution is 5.91. The van der Waals surface area contributed by atoms with Gasteiger partial charge in [0.25, 0.3) is 0 Å². The van der Waals surface area contributed by atoms with Gasteiger partial charge in [0.2, 0.25) is 17.7 Å². The van der Waals surface area contributed by atoms with Crippen LogP contribution in [0.1, 0.15) is 82.9 Å². The molecule has 1 aliphatic carbocycles. The fourth-order valence-corrected chi connectivity index (χ4v) is 6.33. The van der Waals surface area contributed by atoms with E-state index in [0.29, 0.717) is 38.1 Å². The van der Waals surface area contributed by atoms with E-state index in [1.165, 1.54) is 6.42 Å². The number of amides is 3. The Balaban J connectivity index is 1.73. The summed E-state index contributed by atoms with van der Waals surface area (Å²) >= 11 is 0. The molecule has 1 aromatic heterocycles. The molecule has 9 nitrogen and oxygen atoms in total. The number of hydrogen-bond donors (Lipinski definition) is 4. The zero-order chi connectivity index (χ0) is 34.2. The summed E-state index contributed by atoms with van der Waals surface area (Å²) in [6.07, 6.45) is 12.3. The van der Waals surface area contributed by atoms with Crippen LogP contribution in [0.3, 0.4) is 0 Å². The topological polar surface area (TPSA) is 132 Å². The largest absolute Gasteiger partial charge is 0.390 e. The monoisotopic (exact) mass is 646 g/mol. The van der Waals surface area contributed by atoms with Crippen molar-refractivity contribution < 1.29 is 24.6 Å². The standard InChI is InChI=1S/C38H54N4O5/c1-5-14-32(38(47)41-33(25-29-17-10-7-11-18-29)36(45)34(43)23-27(2)3)40-37(46)30(24-28-15-8-6-9-16-28)26-35(44)42(4)22-20-31-19-12-13-21-39-31/h1,6,8-9,12-13,15-16,19,21,27,29-30,32-34,36,43,45H,7,10-11,14,17-18,20,22-26H2,2-4H3,(H,40,46)(H,41,47)/t30-,32+,33?,34+,36-/m1/s1. The van der Waals surface area contributed by atoms with Crippen LogP contribution in [-0.4, -0.2) is 75.7 Å². The first kappa shape index (κ1) is 37.7. The lowest BCUT2D eigenvalue weighted by molar-refractivity contribution is -0.136. The average Bonchev–Trinajstić information content (AvgIpc) is 3.07. The quantitative estimate of drug-likeness (QED) is 0.181. The molecule has 2 aromatic rings. The first-order chi connectivity index (χ1) is 22.6. The fraction of sp³-hybridized carbons (Fsp3) is 0.579. The third-order valence-electron chi connectivity index (χ3n) is 9.09. The first-order valence-corrected chi connectivity index (χ1v) is 17.2. The Morgan fingerprint density at radius 2 is 1.70 bits per heavy atom. The summed E-state index contributed by atoms with van der Waals surface area (Å²) in [5.41, 5.74) is 1.77. The van der Waals surface area contributed by atoms with Crippen LogP contribution in [0, 0.1) is 30.1 Å². The summed E-state index contributed by atoms with van der Waals surface area (Å²) in [5, 5.41) is 27.8. The number of benzene rings is 1. The number of nitrogens with zero attached hydrogens (tertiary/aromatic N) is 2. The van der Waals surface area contributed by atoms with Gasteiger partial charge in [-0.1, -0.05) is 82.3 Å². The number of aromatic nitrogens is 1. The van der Waals surface area contributed by atoms with Crippen LogP contribution >= 0.6 is 0 Å². The molecule has 9 heteroatoms. The van der Waals surface area contributed by atoms with E-state index in [1.807, 2.05) is 62.4 Å². The van der Waals surface area contributed by atoms with Crippen molar-refractivity contribution in [2.45, 2.75) is 109 Å². The van der Waals surface area contributed by atoms with Crippen LogP contribution in [0.4, 0.5) is 0 Å². The van der Waals surface area contributed by atoms with E-state index in [4.69, 9.17) is 6.42 Å². The number of nitrogens with one attached hydrogen (secondary N) is 2. The van der Waals surface area contributed by atoms with Crippen LogP contribution in [0.15, 0.2) is 54.7 Å².